The first kappa shape index (κ1) is 20.5. The lowest BCUT2D eigenvalue weighted by atomic mass is 10.1. The van der Waals surface area contributed by atoms with Crippen LogP contribution in [0.4, 0.5) is 14.5 Å². The number of aromatic nitrogens is 3. The van der Waals surface area contributed by atoms with Crippen LogP contribution in [0.25, 0.3) is 11.0 Å². The first-order valence-corrected chi connectivity index (χ1v) is 10.2. The van der Waals surface area contributed by atoms with Gasteiger partial charge in [0.2, 0.25) is 0 Å². The van der Waals surface area contributed by atoms with Crippen LogP contribution in [-0.4, -0.2) is 55.0 Å². The molecule has 1 saturated heterocycles. The van der Waals surface area contributed by atoms with E-state index in [-0.39, 0.29) is 10.8 Å². The standard InChI is InChI=1S/C20H19ClF2N4O4/c21-15-5-13(25-12-2-1-8-3-9(22)4-11(23)16(8)12)10-6-24-27(19(10)26-15)20-18(30)17(29)14(7-28)31-20/h3-6,12,14,17-18,20,28-30H,1-2,7H2,(H,25,26)/t12-,14+,17-,18-,20-/m1/s1. The number of nitrogens with one attached hydrogen (secondary N) is 1. The van der Waals surface area contributed by atoms with Gasteiger partial charge in [0.25, 0.3) is 0 Å². The second-order valence-corrected chi connectivity index (χ2v) is 8.13. The summed E-state index contributed by atoms with van der Waals surface area (Å²) in [6.07, 6.45) is -2.06. The zero-order valence-corrected chi connectivity index (χ0v) is 16.8. The van der Waals surface area contributed by atoms with Gasteiger partial charge < -0.3 is 25.4 Å². The van der Waals surface area contributed by atoms with Crippen LogP contribution >= 0.6 is 11.6 Å². The second-order valence-electron chi connectivity index (χ2n) is 7.74. The van der Waals surface area contributed by atoms with E-state index in [1.807, 2.05) is 0 Å². The normalized spacial score (nSPS) is 27.7. The number of anilines is 1. The van der Waals surface area contributed by atoms with Crippen LogP contribution in [0.5, 0.6) is 0 Å². The van der Waals surface area contributed by atoms with E-state index in [4.69, 9.17) is 16.3 Å². The lowest BCUT2D eigenvalue weighted by molar-refractivity contribution is -0.0566. The van der Waals surface area contributed by atoms with E-state index < -0.39 is 48.8 Å². The third-order valence-corrected chi connectivity index (χ3v) is 6.05. The third-order valence-electron chi connectivity index (χ3n) is 5.85. The largest absolute Gasteiger partial charge is 0.394 e. The van der Waals surface area contributed by atoms with Crippen molar-refractivity contribution in [1.82, 2.24) is 14.8 Å². The molecule has 5 rings (SSSR count). The Hall–Kier alpha value is -2.37. The van der Waals surface area contributed by atoms with Crippen molar-refractivity contribution < 1.29 is 28.8 Å². The molecule has 1 aliphatic heterocycles. The topological polar surface area (TPSA) is 113 Å². The number of hydrogen-bond donors (Lipinski definition) is 4. The van der Waals surface area contributed by atoms with Crippen molar-refractivity contribution in [3.05, 3.63) is 52.3 Å². The molecule has 4 N–H and O–H groups in total. The molecule has 3 heterocycles. The summed E-state index contributed by atoms with van der Waals surface area (Å²) in [7, 11) is 0. The number of fused-ring (bicyclic) bond motifs is 2. The average molecular weight is 453 g/mol. The molecule has 1 aromatic carbocycles. The zero-order chi connectivity index (χ0) is 21.9. The third kappa shape index (κ3) is 3.35. The van der Waals surface area contributed by atoms with Crippen LogP contribution in [0, 0.1) is 11.6 Å². The van der Waals surface area contributed by atoms with Gasteiger partial charge in [0.15, 0.2) is 11.9 Å². The van der Waals surface area contributed by atoms with Crippen LogP contribution in [0.3, 0.4) is 0 Å². The molecule has 0 spiro atoms. The van der Waals surface area contributed by atoms with Crippen LogP contribution in [0.2, 0.25) is 5.15 Å². The van der Waals surface area contributed by atoms with Crippen molar-refractivity contribution >= 4 is 28.3 Å². The summed E-state index contributed by atoms with van der Waals surface area (Å²) < 4.78 is 34.8. The highest BCUT2D eigenvalue weighted by molar-refractivity contribution is 6.30. The molecule has 164 valence electrons. The van der Waals surface area contributed by atoms with Crippen LogP contribution < -0.4 is 5.32 Å². The Morgan fingerprint density at radius 1 is 1.23 bits per heavy atom. The van der Waals surface area contributed by atoms with Gasteiger partial charge in [0.05, 0.1) is 29.9 Å². The van der Waals surface area contributed by atoms with Crippen molar-refractivity contribution in [1.29, 1.82) is 0 Å². The molecule has 0 unspecified atom stereocenters. The molecule has 5 atom stereocenters. The van der Waals surface area contributed by atoms with Crippen molar-refractivity contribution in [2.24, 2.45) is 0 Å². The maximum Gasteiger partial charge on any atom is 0.181 e. The summed E-state index contributed by atoms with van der Waals surface area (Å²) in [5.41, 5.74) is 1.85. The summed E-state index contributed by atoms with van der Waals surface area (Å²) in [6, 6.07) is 3.39. The quantitative estimate of drug-likeness (QED) is 0.448. The minimum absolute atomic E-state index is 0.126. The van der Waals surface area contributed by atoms with E-state index >= 15 is 0 Å². The number of hydrogen-bond acceptors (Lipinski definition) is 7. The predicted octanol–water partition coefficient (Wildman–Crippen LogP) is 2.07. The van der Waals surface area contributed by atoms with Crippen molar-refractivity contribution in [2.45, 2.75) is 43.4 Å². The molecule has 0 bridgehead atoms. The lowest BCUT2D eigenvalue weighted by Gasteiger charge is -2.18. The first-order chi connectivity index (χ1) is 14.9. The molecular formula is C20H19ClF2N4O4. The van der Waals surface area contributed by atoms with Crippen LogP contribution in [-0.2, 0) is 11.2 Å². The summed E-state index contributed by atoms with van der Waals surface area (Å²) in [6.45, 7) is -0.470. The number of aliphatic hydroxyl groups excluding tert-OH is 3. The number of rotatable bonds is 4. The Balaban J connectivity index is 1.51. The molecular weight excluding hydrogens is 434 g/mol. The van der Waals surface area contributed by atoms with Crippen LogP contribution in [0.1, 0.15) is 29.8 Å². The number of aliphatic hydroxyl groups is 3. The van der Waals surface area contributed by atoms with E-state index in [0.29, 0.717) is 35.0 Å². The highest BCUT2D eigenvalue weighted by Crippen LogP contribution is 2.39. The molecule has 2 aromatic heterocycles. The number of benzene rings is 1. The first-order valence-electron chi connectivity index (χ1n) is 9.78. The second kappa shape index (κ2) is 7.64. The maximum absolute atomic E-state index is 14.4. The number of aryl methyl sites for hydroxylation is 1. The van der Waals surface area contributed by atoms with Gasteiger partial charge in [-0.3, -0.25) is 0 Å². The van der Waals surface area contributed by atoms with Gasteiger partial charge >= 0.3 is 0 Å². The minimum Gasteiger partial charge on any atom is -0.394 e. The van der Waals surface area contributed by atoms with Crippen molar-refractivity contribution in [3.63, 3.8) is 0 Å². The number of halogens is 3. The van der Waals surface area contributed by atoms with Gasteiger partial charge in [-0.2, -0.15) is 5.10 Å². The number of pyridine rings is 1. The van der Waals surface area contributed by atoms with E-state index in [1.54, 1.807) is 6.07 Å². The van der Waals surface area contributed by atoms with E-state index in [2.05, 4.69) is 15.4 Å². The fourth-order valence-electron chi connectivity index (χ4n) is 4.39. The Labute approximate surface area is 180 Å². The fourth-order valence-corrected chi connectivity index (χ4v) is 4.58. The Morgan fingerprint density at radius 2 is 2.03 bits per heavy atom. The number of ether oxygens (including phenoxy) is 1. The SMILES string of the molecule is OC[C@@H]1O[C@@H](n2ncc3c(N[C@@H]4CCc5cc(F)cc(F)c54)cc(Cl)nc32)[C@H](O)[C@@H]1O. The van der Waals surface area contributed by atoms with Gasteiger partial charge in [-0.1, -0.05) is 11.6 Å². The molecule has 31 heavy (non-hydrogen) atoms. The molecule has 0 saturated carbocycles. The van der Waals surface area contributed by atoms with Crippen molar-refractivity contribution in [2.75, 3.05) is 11.9 Å². The predicted molar refractivity (Wildman–Crippen MR) is 107 cm³/mol. The fraction of sp³-hybridized carbons (Fsp3) is 0.400. The van der Waals surface area contributed by atoms with E-state index in [0.717, 1.165) is 6.07 Å². The zero-order valence-electron chi connectivity index (χ0n) is 16.0. The molecule has 1 fully saturated rings. The van der Waals surface area contributed by atoms with E-state index in [9.17, 15) is 24.1 Å². The molecule has 3 aromatic rings. The Kier molecular flexibility index (Phi) is 5.06. The van der Waals surface area contributed by atoms with E-state index in [1.165, 1.54) is 16.9 Å². The molecule has 8 nitrogen and oxygen atoms in total. The van der Waals surface area contributed by atoms with Crippen molar-refractivity contribution in [3.8, 4) is 0 Å². The Morgan fingerprint density at radius 3 is 2.77 bits per heavy atom. The molecule has 1 aliphatic carbocycles. The Bertz CT molecular complexity index is 1160. The summed E-state index contributed by atoms with van der Waals surface area (Å²) in [5, 5.41) is 37.8. The summed E-state index contributed by atoms with van der Waals surface area (Å²) >= 11 is 6.21. The monoisotopic (exact) mass is 452 g/mol. The molecule has 0 amide bonds. The molecule has 0 radical (unpaired) electrons. The average Bonchev–Trinajstić information content (AvgIpc) is 3.39. The smallest absolute Gasteiger partial charge is 0.181 e. The maximum atomic E-state index is 14.4. The van der Waals surface area contributed by atoms with Crippen LogP contribution in [0.15, 0.2) is 24.4 Å². The summed E-state index contributed by atoms with van der Waals surface area (Å²) in [5.74, 6) is -1.21. The van der Waals surface area contributed by atoms with Gasteiger partial charge in [-0.05, 0) is 30.5 Å². The summed E-state index contributed by atoms with van der Waals surface area (Å²) in [4.78, 5) is 4.27. The minimum atomic E-state index is -1.33. The van der Waals surface area contributed by atoms with Gasteiger partial charge in [0, 0.05) is 11.6 Å². The number of nitrogens with zero attached hydrogens (tertiary/aromatic N) is 3. The van der Waals surface area contributed by atoms with Gasteiger partial charge in [0.1, 0.15) is 35.1 Å². The molecule has 11 heteroatoms. The van der Waals surface area contributed by atoms with Gasteiger partial charge in [-0.25, -0.2) is 18.4 Å². The molecule has 2 aliphatic rings. The van der Waals surface area contributed by atoms with Gasteiger partial charge in [-0.15, -0.1) is 0 Å². The highest BCUT2D eigenvalue weighted by Gasteiger charge is 2.44. The highest BCUT2D eigenvalue weighted by atomic mass is 35.5. The lowest BCUT2D eigenvalue weighted by Crippen LogP contribution is -2.33.